The van der Waals surface area contributed by atoms with Crippen molar-refractivity contribution >= 4 is 30.0 Å². The van der Waals surface area contributed by atoms with Gasteiger partial charge in [-0.15, -0.1) is 17.5 Å². The van der Waals surface area contributed by atoms with E-state index in [4.69, 9.17) is 21.8 Å². The number of halogens is 2. The minimum absolute atomic E-state index is 0. The number of nitrogens with one attached hydrogen (secondary N) is 1. The number of anilines is 1. The second-order valence-corrected chi connectivity index (χ2v) is 5.28. The minimum Gasteiger partial charge on any atom is -0.407 e. The van der Waals surface area contributed by atoms with Crippen molar-refractivity contribution in [1.82, 2.24) is 10.2 Å². The van der Waals surface area contributed by atoms with Crippen LogP contribution < -0.4 is 11.1 Å². The van der Waals surface area contributed by atoms with E-state index < -0.39 is 0 Å². The molecule has 2 aromatic rings. The molecule has 0 unspecified atom stereocenters. The normalized spacial score (nSPS) is 15.5. The molecule has 3 rings (SSSR count). The topological polar surface area (TPSA) is 77.0 Å². The molecule has 1 aliphatic rings. The van der Waals surface area contributed by atoms with E-state index in [1.165, 1.54) is 5.56 Å². The average Bonchev–Trinajstić information content (AvgIpc) is 3.08. The van der Waals surface area contributed by atoms with E-state index in [0.29, 0.717) is 11.9 Å². The Morgan fingerprint density at radius 1 is 1.25 bits per heavy atom. The zero-order valence-corrected chi connectivity index (χ0v) is 12.4. The third kappa shape index (κ3) is 3.06. The van der Waals surface area contributed by atoms with Crippen LogP contribution in [0.1, 0.15) is 24.3 Å². The highest BCUT2D eigenvalue weighted by atomic mass is 35.5. The van der Waals surface area contributed by atoms with Gasteiger partial charge in [0, 0.05) is 17.0 Å². The first-order valence-corrected chi connectivity index (χ1v) is 6.62. The lowest BCUT2D eigenvalue weighted by Crippen LogP contribution is -2.19. The summed E-state index contributed by atoms with van der Waals surface area (Å²) in [4.78, 5) is 0. The second-order valence-electron chi connectivity index (χ2n) is 4.85. The number of rotatable bonds is 5. The van der Waals surface area contributed by atoms with Crippen LogP contribution in [0.5, 0.6) is 0 Å². The highest BCUT2D eigenvalue weighted by Gasteiger charge is 2.44. The van der Waals surface area contributed by atoms with Crippen molar-refractivity contribution in [3.8, 4) is 0 Å². The van der Waals surface area contributed by atoms with E-state index in [2.05, 4.69) is 27.6 Å². The third-order valence-corrected chi connectivity index (χ3v) is 3.78. The maximum absolute atomic E-state index is 5.91. The Balaban J connectivity index is 0.00000147. The van der Waals surface area contributed by atoms with Crippen LogP contribution in [0.3, 0.4) is 0 Å². The molecule has 1 fully saturated rings. The Morgan fingerprint density at radius 2 is 1.95 bits per heavy atom. The van der Waals surface area contributed by atoms with Gasteiger partial charge >= 0.3 is 6.01 Å². The summed E-state index contributed by atoms with van der Waals surface area (Å²) in [5.74, 6) is 0.443. The number of benzene rings is 1. The third-order valence-electron chi connectivity index (χ3n) is 3.53. The zero-order chi connectivity index (χ0) is 13.3. The largest absolute Gasteiger partial charge is 0.407 e. The molecule has 0 saturated heterocycles. The number of aromatic nitrogens is 2. The molecule has 5 nitrogen and oxygen atoms in total. The van der Waals surface area contributed by atoms with Gasteiger partial charge in [0.05, 0.1) is 6.54 Å². The standard InChI is InChI=1S/C13H15ClN4O.ClH/c14-10-3-1-9(2-4-10)13(5-6-13)8-16-12-18-17-11(7-15)19-12;/h1-4H,5-8,15H2,(H,16,18);1H. The Bertz CT molecular complexity index is 566. The molecule has 1 aromatic carbocycles. The summed E-state index contributed by atoms with van der Waals surface area (Å²) in [6.07, 6.45) is 2.30. The predicted molar refractivity (Wildman–Crippen MR) is 80.3 cm³/mol. The maximum Gasteiger partial charge on any atom is 0.315 e. The molecule has 0 spiro atoms. The summed E-state index contributed by atoms with van der Waals surface area (Å²) in [6.45, 7) is 1.04. The van der Waals surface area contributed by atoms with Crippen molar-refractivity contribution in [2.75, 3.05) is 11.9 Å². The molecule has 1 heterocycles. The molecule has 0 aliphatic heterocycles. The summed E-state index contributed by atoms with van der Waals surface area (Å²) >= 11 is 5.91. The van der Waals surface area contributed by atoms with E-state index in [0.717, 1.165) is 24.4 Å². The quantitative estimate of drug-likeness (QED) is 0.887. The Hall–Kier alpha value is -1.30. The Labute approximate surface area is 128 Å². The molecular weight excluding hydrogens is 299 g/mol. The molecule has 0 amide bonds. The molecule has 20 heavy (non-hydrogen) atoms. The van der Waals surface area contributed by atoms with E-state index >= 15 is 0 Å². The molecule has 1 saturated carbocycles. The second kappa shape index (κ2) is 5.99. The van der Waals surface area contributed by atoms with Gasteiger partial charge in [0.2, 0.25) is 5.89 Å². The maximum atomic E-state index is 5.91. The molecule has 0 bridgehead atoms. The lowest BCUT2D eigenvalue weighted by atomic mass is 9.96. The van der Waals surface area contributed by atoms with Crippen LogP contribution in [0.2, 0.25) is 5.02 Å². The molecule has 0 atom stereocenters. The fourth-order valence-electron chi connectivity index (χ4n) is 2.17. The van der Waals surface area contributed by atoms with Crippen molar-refractivity contribution in [2.24, 2.45) is 5.73 Å². The molecular formula is C13H16Cl2N4O. The summed E-state index contributed by atoms with van der Waals surface area (Å²) in [7, 11) is 0. The van der Waals surface area contributed by atoms with Crippen LogP contribution in [0.15, 0.2) is 28.7 Å². The van der Waals surface area contributed by atoms with Gasteiger partial charge in [0.25, 0.3) is 0 Å². The van der Waals surface area contributed by atoms with Crippen LogP contribution in [0.4, 0.5) is 6.01 Å². The van der Waals surface area contributed by atoms with E-state index in [-0.39, 0.29) is 24.4 Å². The molecule has 108 valence electrons. The lowest BCUT2D eigenvalue weighted by molar-refractivity contribution is 0.504. The summed E-state index contributed by atoms with van der Waals surface area (Å²) < 4.78 is 5.33. The van der Waals surface area contributed by atoms with Crippen LogP contribution in [-0.2, 0) is 12.0 Å². The molecule has 3 N–H and O–H groups in total. The number of nitrogens with two attached hydrogens (primary N) is 1. The summed E-state index contributed by atoms with van der Waals surface area (Å²) in [5.41, 5.74) is 6.89. The smallest absolute Gasteiger partial charge is 0.315 e. The Kier molecular flexibility index (Phi) is 4.52. The zero-order valence-electron chi connectivity index (χ0n) is 10.8. The lowest BCUT2D eigenvalue weighted by Gasteiger charge is -2.15. The first kappa shape index (κ1) is 15.1. The molecule has 1 aliphatic carbocycles. The van der Waals surface area contributed by atoms with Crippen LogP contribution in [0.25, 0.3) is 0 Å². The van der Waals surface area contributed by atoms with Gasteiger partial charge in [-0.3, -0.25) is 0 Å². The van der Waals surface area contributed by atoms with Crippen LogP contribution >= 0.6 is 24.0 Å². The highest BCUT2D eigenvalue weighted by Crippen LogP contribution is 2.48. The minimum atomic E-state index is 0. The van der Waals surface area contributed by atoms with Gasteiger partial charge < -0.3 is 15.5 Å². The fraction of sp³-hybridized carbons (Fsp3) is 0.385. The molecule has 1 aromatic heterocycles. The molecule has 0 radical (unpaired) electrons. The van der Waals surface area contributed by atoms with E-state index in [9.17, 15) is 0 Å². The molecule has 7 heteroatoms. The number of hydrogen-bond acceptors (Lipinski definition) is 5. The average molecular weight is 315 g/mol. The van der Waals surface area contributed by atoms with Gasteiger partial charge in [-0.05, 0) is 30.5 Å². The monoisotopic (exact) mass is 314 g/mol. The highest BCUT2D eigenvalue weighted by molar-refractivity contribution is 6.30. The summed E-state index contributed by atoms with van der Waals surface area (Å²) in [6, 6.07) is 8.44. The fourth-order valence-corrected chi connectivity index (χ4v) is 2.30. The number of hydrogen-bond donors (Lipinski definition) is 2. The van der Waals surface area contributed by atoms with Gasteiger partial charge in [-0.2, -0.15) is 0 Å². The predicted octanol–water partition coefficient (Wildman–Crippen LogP) is 2.75. The van der Waals surface area contributed by atoms with Crippen molar-refractivity contribution < 1.29 is 4.42 Å². The SMILES string of the molecule is Cl.NCc1nnc(NCC2(c3ccc(Cl)cc3)CC2)o1. The van der Waals surface area contributed by atoms with Crippen LogP contribution in [-0.4, -0.2) is 16.7 Å². The summed E-state index contributed by atoms with van der Waals surface area (Å²) in [5, 5.41) is 11.7. The van der Waals surface area contributed by atoms with Crippen molar-refractivity contribution in [3.63, 3.8) is 0 Å². The van der Waals surface area contributed by atoms with Gasteiger partial charge in [0.15, 0.2) is 0 Å². The number of nitrogens with zero attached hydrogens (tertiary/aromatic N) is 2. The van der Waals surface area contributed by atoms with Crippen molar-refractivity contribution in [1.29, 1.82) is 0 Å². The first-order chi connectivity index (χ1) is 9.22. The Morgan fingerprint density at radius 3 is 2.50 bits per heavy atom. The van der Waals surface area contributed by atoms with Crippen molar-refractivity contribution in [2.45, 2.75) is 24.8 Å². The first-order valence-electron chi connectivity index (χ1n) is 6.24. The van der Waals surface area contributed by atoms with Crippen molar-refractivity contribution in [3.05, 3.63) is 40.7 Å². The van der Waals surface area contributed by atoms with E-state index in [1.807, 2.05) is 12.1 Å². The van der Waals surface area contributed by atoms with Gasteiger partial charge in [-0.1, -0.05) is 28.8 Å². The van der Waals surface area contributed by atoms with Gasteiger partial charge in [0.1, 0.15) is 0 Å². The van der Waals surface area contributed by atoms with Crippen LogP contribution in [0, 0.1) is 0 Å². The van der Waals surface area contributed by atoms with E-state index in [1.54, 1.807) is 0 Å². The van der Waals surface area contributed by atoms with Gasteiger partial charge in [-0.25, -0.2) is 0 Å².